The minimum atomic E-state index is -0.154. The van der Waals surface area contributed by atoms with E-state index >= 15 is 0 Å². The van der Waals surface area contributed by atoms with Crippen LogP contribution in [0.15, 0.2) is 72.8 Å². The number of amides is 1. The van der Waals surface area contributed by atoms with Crippen LogP contribution in [-0.2, 0) is 6.61 Å². The zero-order chi connectivity index (χ0) is 24.4. The first kappa shape index (κ1) is 23.0. The summed E-state index contributed by atoms with van der Waals surface area (Å²) in [6.07, 6.45) is 0. The van der Waals surface area contributed by atoms with Crippen LogP contribution in [-0.4, -0.2) is 48.0 Å². The molecule has 1 aromatic heterocycles. The van der Waals surface area contributed by atoms with E-state index in [1.807, 2.05) is 85.7 Å². The van der Waals surface area contributed by atoms with Crippen LogP contribution in [0.4, 0.5) is 0 Å². The average Bonchev–Trinajstić information content (AvgIpc) is 2.86. The van der Waals surface area contributed by atoms with Gasteiger partial charge in [0, 0.05) is 28.9 Å². The van der Waals surface area contributed by atoms with E-state index in [0.29, 0.717) is 34.8 Å². The highest BCUT2D eigenvalue weighted by atomic mass is 35.5. The average molecular weight is 485 g/mol. The van der Waals surface area contributed by atoms with Crippen molar-refractivity contribution >= 4 is 50.3 Å². The van der Waals surface area contributed by atoms with Crippen molar-refractivity contribution in [3.63, 3.8) is 0 Å². The Morgan fingerprint density at radius 3 is 2.46 bits per heavy atom. The van der Waals surface area contributed by atoms with Crippen LogP contribution >= 0.6 is 11.6 Å². The van der Waals surface area contributed by atoms with Crippen LogP contribution in [0, 0.1) is 0 Å². The molecule has 0 saturated heterocycles. The normalized spacial score (nSPS) is 11.4. The lowest BCUT2D eigenvalue weighted by molar-refractivity contribution is 0.0952. The lowest BCUT2D eigenvalue weighted by Crippen LogP contribution is -2.31. The molecule has 0 saturated carbocycles. The van der Waals surface area contributed by atoms with E-state index in [4.69, 9.17) is 26.3 Å². The van der Waals surface area contributed by atoms with Crippen molar-refractivity contribution in [2.45, 2.75) is 6.61 Å². The van der Waals surface area contributed by atoms with Crippen LogP contribution in [0.2, 0.25) is 5.02 Å². The predicted molar refractivity (Wildman–Crippen MR) is 141 cm³/mol. The van der Waals surface area contributed by atoms with E-state index in [2.05, 4.69) is 5.32 Å². The Bertz CT molecular complexity index is 1530. The van der Waals surface area contributed by atoms with Gasteiger partial charge in [0.25, 0.3) is 5.91 Å². The SMILES string of the molecule is CN(C)CCNC(=O)c1cccc2nc3ccc4c(OCc5ccc(Cl)cc5)cccc4c3nc12. The number of hydrogen-bond donors (Lipinski definition) is 1. The molecule has 7 heteroatoms. The number of nitrogens with one attached hydrogen (secondary N) is 1. The number of carbonyl (C=O) groups excluding carboxylic acids is 1. The van der Waals surface area contributed by atoms with Gasteiger partial charge in [-0.2, -0.15) is 0 Å². The maximum Gasteiger partial charge on any atom is 0.253 e. The fourth-order valence-electron chi connectivity index (χ4n) is 4.03. The number of hydrogen-bond acceptors (Lipinski definition) is 5. The molecule has 6 nitrogen and oxygen atoms in total. The quantitative estimate of drug-likeness (QED) is 0.245. The number of para-hydroxylation sites is 1. The highest BCUT2D eigenvalue weighted by Crippen LogP contribution is 2.32. The fraction of sp³-hybridized carbons (Fsp3) is 0.179. The maximum atomic E-state index is 12.9. The Morgan fingerprint density at radius 2 is 1.66 bits per heavy atom. The Morgan fingerprint density at radius 1 is 0.886 bits per heavy atom. The molecule has 176 valence electrons. The summed E-state index contributed by atoms with van der Waals surface area (Å²) < 4.78 is 6.15. The molecule has 35 heavy (non-hydrogen) atoms. The van der Waals surface area contributed by atoms with Crippen molar-refractivity contribution in [1.82, 2.24) is 20.2 Å². The van der Waals surface area contributed by atoms with Gasteiger partial charge in [0.1, 0.15) is 17.9 Å². The van der Waals surface area contributed by atoms with Crippen molar-refractivity contribution < 1.29 is 9.53 Å². The highest BCUT2D eigenvalue weighted by molar-refractivity contribution is 6.30. The summed E-state index contributed by atoms with van der Waals surface area (Å²) >= 11 is 5.99. The minimum Gasteiger partial charge on any atom is -0.488 e. The second-order valence-corrected chi connectivity index (χ2v) is 9.09. The standard InChI is InChI=1S/C28H25ClN4O2/c1-33(2)16-15-30-28(34)22-6-3-7-23-27(22)32-26-21-5-4-8-25(20(21)13-14-24(26)31-23)35-17-18-9-11-19(29)12-10-18/h3-14H,15-17H2,1-2H3,(H,30,34). The molecule has 4 aromatic carbocycles. The number of aromatic nitrogens is 2. The molecule has 0 unspecified atom stereocenters. The third-order valence-electron chi connectivity index (χ3n) is 5.85. The van der Waals surface area contributed by atoms with Gasteiger partial charge in [-0.25, -0.2) is 9.97 Å². The Kier molecular flexibility index (Phi) is 6.49. The largest absolute Gasteiger partial charge is 0.488 e. The number of benzene rings is 4. The highest BCUT2D eigenvalue weighted by Gasteiger charge is 2.15. The molecule has 0 fully saturated rings. The van der Waals surface area contributed by atoms with E-state index < -0.39 is 0 Å². The molecule has 1 heterocycles. The molecule has 0 aliphatic carbocycles. The third kappa shape index (κ3) is 4.90. The first-order valence-electron chi connectivity index (χ1n) is 11.4. The summed E-state index contributed by atoms with van der Waals surface area (Å²) in [6.45, 7) is 1.74. The number of nitrogens with zero attached hydrogens (tertiary/aromatic N) is 3. The van der Waals surface area contributed by atoms with Gasteiger partial charge in [0.05, 0.1) is 22.1 Å². The van der Waals surface area contributed by atoms with E-state index in [9.17, 15) is 4.79 Å². The van der Waals surface area contributed by atoms with Crippen molar-refractivity contribution in [3.8, 4) is 5.75 Å². The molecule has 5 rings (SSSR count). The van der Waals surface area contributed by atoms with Crippen LogP contribution in [0.5, 0.6) is 5.75 Å². The van der Waals surface area contributed by atoms with Crippen LogP contribution < -0.4 is 10.1 Å². The molecule has 1 N–H and O–H groups in total. The number of likely N-dealkylation sites (N-methyl/N-ethyl adjacent to an activating group) is 1. The molecule has 5 aromatic rings. The molecule has 0 bridgehead atoms. The minimum absolute atomic E-state index is 0.154. The van der Waals surface area contributed by atoms with Crippen LogP contribution in [0.1, 0.15) is 15.9 Å². The van der Waals surface area contributed by atoms with E-state index in [-0.39, 0.29) is 5.91 Å². The Labute approximate surface area is 208 Å². The van der Waals surface area contributed by atoms with Crippen molar-refractivity contribution in [2.24, 2.45) is 0 Å². The van der Waals surface area contributed by atoms with Gasteiger partial charge in [0.2, 0.25) is 0 Å². The maximum absolute atomic E-state index is 12.9. The molecular formula is C28H25ClN4O2. The Balaban J connectivity index is 1.53. The monoisotopic (exact) mass is 484 g/mol. The number of rotatable bonds is 7. The van der Waals surface area contributed by atoms with Gasteiger partial charge in [-0.05, 0) is 62.1 Å². The van der Waals surface area contributed by atoms with Gasteiger partial charge in [-0.1, -0.05) is 41.9 Å². The van der Waals surface area contributed by atoms with Crippen molar-refractivity contribution in [3.05, 3.63) is 88.9 Å². The second-order valence-electron chi connectivity index (χ2n) is 8.66. The summed E-state index contributed by atoms with van der Waals surface area (Å²) in [5.74, 6) is 0.606. The van der Waals surface area contributed by atoms with Crippen molar-refractivity contribution in [1.29, 1.82) is 0 Å². The van der Waals surface area contributed by atoms with E-state index in [1.165, 1.54) is 0 Å². The number of halogens is 1. The van der Waals surface area contributed by atoms with E-state index in [0.717, 1.165) is 39.7 Å². The molecule has 1 amide bonds. The smallest absolute Gasteiger partial charge is 0.253 e. The van der Waals surface area contributed by atoms with Crippen molar-refractivity contribution in [2.75, 3.05) is 27.2 Å². The zero-order valence-electron chi connectivity index (χ0n) is 19.6. The predicted octanol–water partition coefficient (Wildman–Crippen LogP) is 5.46. The first-order chi connectivity index (χ1) is 17.0. The zero-order valence-corrected chi connectivity index (χ0v) is 20.3. The van der Waals surface area contributed by atoms with Gasteiger partial charge < -0.3 is 15.0 Å². The van der Waals surface area contributed by atoms with Gasteiger partial charge in [-0.15, -0.1) is 0 Å². The topological polar surface area (TPSA) is 67.4 Å². The van der Waals surface area contributed by atoms with Crippen LogP contribution in [0.3, 0.4) is 0 Å². The number of fused-ring (bicyclic) bond motifs is 4. The molecule has 0 radical (unpaired) electrons. The lowest BCUT2D eigenvalue weighted by Gasteiger charge is -2.13. The second kappa shape index (κ2) is 9.86. The summed E-state index contributed by atoms with van der Waals surface area (Å²) in [4.78, 5) is 24.7. The van der Waals surface area contributed by atoms with Crippen LogP contribution in [0.25, 0.3) is 32.8 Å². The molecule has 0 aliphatic rings. The lowest BCUT2D eigenvalue weighted by atomic mass is 10.1. The summed E-state index contributed by atoms with van der Waals surface area (Å²) in [7, 11) is 3.94. The third-order valence-corrected chi connectivity index (χ3v) is 6.10. The van der Waals surface area contributed by atoms with Gasteiger partial charge in [0.15, 0.2) is 0 Å². The fourth-order valence-corrected chi connectivity index (χ4v) is 4.16. The van der Waals surface area contributed by atoms with Gasteiger partial charge in [-0.3, -0.25) is 4.79 Å². The van der Waals surface area contributed by atoms with E-state index in [1.54, 1.807) is 6.07 Å². The van der Waals surface area contributed by atoms with Gasteiger partial charge >= 0.3 is 0 Å². The Hall–Kier alpha value is -3.74. The summed E-state index contributed by atoms with van der Waals surface area (Å²) in [5, 5.41) is 5.54. The first-order valence-corrected chi connectivity index (χ1v) is 11.8. The summed E-state index contributed by atoms with van der Waals surface area (Å²) in [6, 6.07) is 23.0. The molecule has 0 atom stereocenters. The molecule has 0 aliphatic heterocycles. The summed E-state index contributed by atoms with van der Waals surface area (Å²) in [5.41, 5.74) is 4.32. The molecule has 0 spiro atoms. The number of carbonyl (C=O) groups is 1. The number of ether oxygens (including phenoxy) is 1. The molecular weight excluding hydrogens is 460 g/mol.